The maximum absolute atomic E-state index is 13.0. The highest BCUT2D eigenvalue weighted by Crippen LogP contribution is 2.28. The molecule has 1 fully saturated rings. The van der Waals surface area contributed by atoms with Crippen LogP contribution in [0.2, 0.25) is 0 Å². The molecule has 2 heterocycles. The molecule has 0 saturated carbocycles. The quantitative estimate of drug-likeness (QED) is 0.634. The van der Waals surface area contributed by atoms with Crippen molar-refractivity contribution in [3.05, 3.63) is 40.9 Å². The van der Waals surface area contributed by atoms with Crippen molar-refractivity contribution in [1.29, 1.82) is 0 Å². The first kappa shape index (κ1) is 24.3. The van der Waals surface area contributed by atoms with E-state index in [0.29, 0.717) is 18.0 Å². The van der Waals surface area contributed by atoms with Gasteiger partial charge in [-0.2, -0.15) is 4.31 Å². The Labute approximate surface area is 193 Å². The van der Waals surface area contributed by atoms with Crippen molar-refractivity contribution >= 4 is 38.4 Å². The zero-order chi connectivity index (χ0) is 23.5. The number of anilines is 1. The highest BCUT2D eigenvalue weighted by molar-refractivity contribution is 7.89. The standard InChI is InChI=1S/C22H29N3O5S2/c1-5-30-20(27)18-14-31-21(23-18)24-19(26)15-10-12-25(13-11-15)32(28,29)17-8-6-16(7-9-17)22(2,3)4/h6-9,14-15H,5,10-13H2,1-4H3,(H,23,24,26). The van der Waals surface area contributed by atoms with Crippen LogP contribution in [0, 0.1) is 5.92 Å². The van der Waals surface area contributed by atoms with Crippen LogP contribution in [0.3, 0.4) is 0 Å². The van der Waals surface area contributed by atoms with E-state index in [1.807, 2.05) is 12.1 Å². The number of thiazole rings is 1. The van der Waals surface area contributed by atoms with Crippen molar-refractivity contribution < 1.29 is 22.7 Å². The van der Waals surface area contributed by atoms with E-state index in [2.05, 4.69) is 31.1 Å². The second-order valence-electron chi connectivity index (χ2n) is 8.70. The van der Waals surface area contributed by atoms with Gasteiger partial charge in [0.05, 0.1) is 11.5 Å². The summed E-state index contributed by atoms with van der Waals surface area (Å²) < 4.78 is 32.3. The summed E-state index contributed by atoms with van der Waals surface area (Å²) in [4.78, 5) is 28.7. The van der Waals surface area contributed by atoms with Crippen LogP contribution in [0.1, 0.15) is 56.6 Å². The lowest BCUT2D eigenvalue weighted by molar-refractivity contribution is -0.120. The predicted molar refractivity (Wildman–Crippen MR) is 123 cm³/mol. The highest BCUT2D eigenvalue weighted by atomic mass is 32.2. The molecule has 174 valence electrons. The van der Waals surface area contributed by atoms with Gasteiger partial charge in [0, 0.05) is 24.4 Å². The third-order valence-electron chi connectivity index (χ3n) is 5.40. The van der Waals surface area contributed by atoms with E-state index in [4.69, 9.17) is 4.74 Å². The van der Waals surface area contributed by atoms with Gasteiger partial charge in [-0.3, -0.25) is 4.79 Å². The predicted octanol–water partition coefficient (Wildman–Crippen LogP) is 3.66. The second-order valence-corrected chi connectivity index (χ2v) is 11.5. The molecule has 3 rings (SSSR count). The second kappa shape index (κ2) is 9.68. The van der Waals surface area contributed by atoms with Crippen molar-refractivity contribution in [1.82, 2.24) is 9.29 Å². The summed E-state index contributed by atoms with van der Waals surface area (Å²) in [5, 5.41) is 4.59. The molecule has 1 aliphatic rings. The molecule has 1 aromatic heterocycles. The Balaban J connectivity index is 1.58. The number of benzene rings is 1. The summed E-state index contributed by atoms with van der Waals surface area (Å²) in [5.41, 5.74) is 1.17. The molecule has 32 heavy (non-hydrogen) atoms. The average molecular weight is 480 g/mol. The number of nitrogens with one attached hydrogen (secondary N) is 1. The first-order valence-electron chi connectivity index (χ1n) is 10.6. The number of piperidine rings is 1. The smallest absolute Gasteiger partial charge is 0.357 e. The summed E-state index contributed by atoms with van der Waals surface area (Å²) >= 11 is 1.15. The van der Waals surface area contributed by atoms with Gasteiger partial charge in [-0.15, -0.1) is 11.3 Å². The molecule has 0 radical (unpaired) electrons. The van der Waals surface area contributed by atoms with Gasteiger partial charge in [0.2, 0.25) is 15.9 Å². The molecular weight excluding hydrogens is 450 g/mol. The Morgan fingerprint density at radius 1 is 1.19 bits per heavy atom. The fourth-order valence-corrected chi connectivity index (χ4v) is 5.62. The SMILES string of the molecule is CCOC(=O)c1csc(NC(=O)C2CCN(S(=O)(=O)c3ccc(C(C)(C)C)cc3)CC2)n1. The topological polar surface area (TPSA) is 106 Å². The van der Waals surface area contributed by atoms with Gasteiger partial charge >= 0.3 is 5.97 Å². The minimum Gasteiger partial charge on any atom is -0.461 e. The number of nitrogens with zero attached hydrogens (tertiary/aromatic N) is 2. The van der Waals surface area contributed by atoms with E-state index in [9.17, 15) is 18.0 Å². The molecule has 10 heteroatoms. The van der Waals surface area contributed by atoms with Crippen LogP contribution in [-0.4, -0.2) is 49.3 Å². The number of carbonyl (C=O) groups excluding carboxylic acids is 2. The number of esters is 1. The minimum absolute atomic E-state index is 0.0531. The van der Waals surface area contributed by atoms with E-state index in [1.54, 1.807) is 19.1 Å². The van der Waals surface area contributed by atoms with Crippen molar-refractivity contribution in [2.75, 3.05) is 25.0 Å². The molecule has 1 amide bonds. The van der Waals surface area contributed by atoms with E-state index in [-0.39, 0.29) is 47.5 Å². The number of aromatic nitrogens is 1. The van der Waals surface area contributed by atoms with E-state index >= 15 is 0 Å². The Morgan fingerprint density at radius 3 is 2.38 bits per heavy atom. The van der Waals surface area contributed by atoms with Crippen molar-refractivity contribution in [2.45, 2.75) is 50.8 Å². The van der Waals surface area contributed by atoms with Gasteiger partial charge in [0.15, 0.2) is 10.8 Å². The number of ether oxygens (including phenoxy) is 1. The van der Waals surface area contributed by atoms with Crippen molar-refractivity contribution in [2.24, 2.45) is 5.92 Å². The van der Waals surface area contributed by atoms with Crippen LogP contribution in [0.25, 0.3) is 0 Å². The summed E-state index contributed by atoms with van der Waals surface area (Å²) in [6.45, 7) is 8.74. The van der Waals surface area contributed by atoms with Gasteiger partial charge in [-0.25, -0.2) is 18.2 Å². The Kier molecular flexibility index (Phi) is 7.36. The van der Waals surface area contributed by atoms with Crippen LogP contribution < -0.4 is 5.32 Å². The summed E-state index contributed by atoms with van der Waals surface area (Å²) in [6.07, 6.45) is 0.836. The van der Waals surface area contributed by atoms with Crippen molar-refractivity contribution in [3.8, 4) is 0 Å². The number of sulfonamides is 1. The Bertz CT molecular complexity index is 1060. The van der Waals surface area contributed by atoms with Crippen molar-refractivity contribution in [3.63, 3.8) is 0 Å². The van der Waals surface area contributed by atoms with Gasteiger partial charge in [-0.05, 0) is 42.9 Å². The zero-order valence-corrected chi connectivity index (χ0v) is 20.4. The Hall–Kier alpha value is -2.30. The van der Waals surface area contributed by atoms with Crippen LogP contribution in [0.15, 0.2) is 34.5 Å². The molecule has 1 N–H and O–H groups in total. The molecule has 2 aromatic rings. The number of rotatable bonds is 6. The molecule has 8 nitrogen and oxygen atoms in total. The third kappa shape index (κ3) is 5.54. The molecule has 1 aliphatic heterocycles. The lowest BCUT2D eigenvalue weighted by Gasteiger charge is -2.30. The molecule has 0 bridgehead atoms. The average Bonchev–Trinajstić information content (AvgIpc) is 3.22. The maximum Gasteiger partial charge on any atom is 0.357 e. The summed E-state index contributed by atoms with van der Waals surface area (Å²) in [6, 6.07) is 7.01. The number of hydrogen-bond acceptors (Lipinski definition) is 7. The molecule has 0 aliphatic carbocycles. The van der Waals surface area contributed by atoms with Gasteiger partial charge in [0.1, 0.15) is 0 Å². The van der Waals surface area contributed by atoms with Crippen LogP contribution in [-0.2, 0) is 25.0 Å². The van der Waals surface area contributed by atoms with Gasteiger partial charge in [0.25, 0.3) is 0 Å². The summed E-state index contributed by atoms with van der Waals surface area (Å²) in [5.74, 6) is -1.07. The summed E-state index contributed by atoms with van der Waals surface area (Å²) in [7, 11) is -3.60. The van der Waals surface area contributed by atoms with Crippen LogP contribution in [0.4, 0.5) is 5.13 Å². The van der Waals surface area contributed by atoms with Gasteiger partial charge < -0.3 is 10.1 Å². The first-order valence-corrected chi connectivity index (χ1v) is 12.9. The largest absolute Gasteiger partial charge is 0.461 e. The lowest BCUT2D eigenvalue weighted by atomic mass is 9.87. The number of amides is 1. The molecule has 1 aromatic carbocycles. The normalized spacial score (nSPS) is 16.0. The lowest BCUT2D eigenvalue weighted by Crippen LogP contribution is -2.41. The van der Waals surface area contributed by atoms with E-state index in [0.717, 1.165) is 16.9 Å². The highest BCUT2D eigenvalue weighted by Gasteiger charge is 2.32. The number of carbonyl (C=O) groups is 2. The fourth-order valence-electron chi connectivity index (χ4n) is 3.47. The fraction of sp³-hybridized carbons (Fsp3) is 0.500. The molecular formula is C22H29N3O5S2. The number of hydrogen-bond donors (Lipinski definition) is 1. The third-order valence-corrected chi connectivity index (χ3v) is 8.07. The molecule has 0 unspecified atom stereocenters. The monoisotopic (exact) mass is 479 g/mol. The van der Waals surface area contributed by atoms with E-state index in [1.165, 1.54) is 9.69 Å². The van der Waals surface area contributed by atoms with Crippen LogP contribution >= 0.6 is 11.3 Å². The zero-order valence-electron chi connectivity index (χ0n) is 18.8. The maximum atomic E-state index is 13.0. The van der Waals surface area contributed by atoms with Crippen LogP contribution in [0.5, 0.6) is 0 Å². The molecule has 0 atom stereocenters. The van der Waals surface area contributed by atoms with Gasteiger partial charge in [-0.1, -0.05) is 32.9 Å². The first-order chi connectivity index (χ1) is 15.0. The van der Waals surface area contributed by atoms with E-state index < -0.39 is 16.0 Å². The molecule has 0 spiro atoms. The minimum atomic E-state index is -3.60. The Morgan fingerprint density at radius 2 is 1.81 bits per heavy atom. The molecule has 1 saturated heterocycles.